The van der Waals surface area contributed by atoms with Crippen molar-refractivity contribution in [3.8, 4) is 5.75 Å². The molecular weight excluding hydrogens is 278 g/mol. The predicted octanol–water partition coefficient (Wildman–Crippen LogP) is 3.20. The Morgan fingerprint density at radius 3 is 2.86 bits per heavy atom. The van der Waals surface area contributed by atoms with Crippen molar-refractivity contribution in [1.82, 2.24) is 10.2 Å². The van der Waals surface area contributed by atoms with Crippen molar-refractivity contribution >= 4 is 22.5 Å². The first-order valence-corrected chi connectivity index (χ1v) is 7.05. The Hall–Kier alpha value is -2.82. The largest absolute Gasteiger partial charge is 0.484 e. The van der Waals surface area contributed by atoms with Crippen molar-refractivity contribution in [2.24, 2.45) is 0 Å². The summed E-state index contributed by atoms with van der Waals surface area (Å²) in [4.78, 5) is 12.0. The van der Waals surface area contributed by atoms with Crippen LogP contribution in [0.1, 0.15) is 11.1 Å². The van der Waals surface area contributed by atoms with Gasteiger partial charge in [0.05, 0.1) is 11.7 Å². The van der Waals surface area contributed by atoms with Crippen molar-refractivity contribution in [2.45, 2.75) is 13.8 Å². The third kappa shape index (κ3) is 3.09. The SMILES string of the molecule is Cc1ccc(OCC(=O)Nc2ccc3[nH]ncc3c2)cc1C. The maximum absolute atomic E-state index is 12.0. The minimum Gasteiger partial charge on any atom is -0.484 e. The average molecular weight is 295 g/mol. The van der Waals surface area contributed by atoms with E-state index in [1.807, 2.05) is 50.2 Å². The minimum absolute atomic E-state index is 0.0219. The van der Waals surface area contributed by atoms with E-state index in [9.17, 15) is 4.79 Å². The Bertz CT molecular complexity index is 824. The number of H-pyrrole nitrogens is 1. The normalized spacial score (nSPS) is 10.6. The summed E-state index contributed by atoms with van der Waals surface area (Å²) in [6.07, 6.45) is 1.72. The number of nitrogens with one attached hydrogen (secondary N) is 2. The highest BCUT2D eigenvalue weighted by molar-refractivity contribution is 5.94. The Labute approximate surface area is 128 Å². The number of aromatic amines is 1. The fourth-order valence-corrected chi connectivity index (χ4v) is 2.17. The smallest absolute Gasteiger partial charge is 0.262 e. The quantitative estimate of drug-likeness (QED) is 0.776. The summed E-state index contributed by atoms with van der Waals surface area (Å²) in [6, 6.07) is 11.4. The summed E-state index contributed by atoms with van der Waals surface area (Å²) in [5, 5.41) is 10.6. The third-order valence-corrected chi connectivity index (χ3v) is 3.57. The van der Waals surface area contributed by atoms with Crippen LogP contribution in [0.15, 0.2) is 42.6 Å². The van der Waals surface area contributed by atoms with Gasteiger partial charge in [-0.3, -0.25) is 9.89 Å². The van der Waals surface area contributed by atoms with Gasteiger partial charge >= 0.3 is 0 Å². The van der Waals surface area contributed by atoms with Gasteiger partial charge in [-0.1, -0.05) is 6.07 Å². The molecule has 5 heteroatoms. The number of hydrogen-bond acceptors (Lipinski definition) is 3. The van der Waals surface area contributed by atoms with Crippen molar-refractivity contribution in [2.75, 3.05) is 11.9 Å². The summed E-state index contributed by atoms with van der Waals surface area (Å²) < 4.78 is 5.52. The molecule has 3 rings (SSSR count). The van der Waals surface area contributed by atoms with Gasteiger partial charge in [0.1, 0.15) is 5.75 Å². The first kappa shape index (κ1) is 14.1. The number of rotatable bonds is 4. The van der Waals surface area contributed by atoms with E-state index in [1.54, 1.807) is 6.20 Å². The van der Waals surface area contributed by atoms with Crippen LogP contribution < -0.4 is 10.1 Å². The fourth-order valence-electron chi connectivity index (χ4n) is 2.17. The second kappa shape index (κ2) is 5.89. The number of hydrogen-bond donors (Lipinski definition) is 2. The molecule has 0 fully saturated rings. The molecule has 22 heavy (non-hydrogen) atoms. The highest BCUT2D eigenvalue weighted by Crippen LogP contribution is 2.18. The maximum Gasteiger partial charge on any atom is 0.262 e. The second-order valence-electron chi connectivity index (χ2n) is 5.25. The van der Waals surface area contributed by atoms with E-state index in [2.05, 4.69) is 15.5 Å². The lowest BCUT2D eigenvalue weighted by molar-refractivity contribution is -0.118. The van der Waals surface area contributed by atoms with Gasteiger partial charge in [0.25, 0.3) is 5.91 Å². The van der Waals surface area contributed by atoms with E-state index in [0.717, 1.165) is 22.2 Å². The molecule has 0 saturated carbocycles. The second-order valence-corrected chi connectivity index (χ2v) is 5.25. The number of benzene rings is 2. The molecule has 112 valence electrons. The molecule has 3 aromatic rings. The monoisotopic (exact) mass is 295 g/mol. The number of fused-ring (bicyclic) bond motifs is 1. The number of ether oxygens (including phenoxy) is 1. The van der Waals surface area contributed by atoms with Gasteiger partial charge in [-0.05, 0) is 55.3 Å². The number of aromatic nitrogens is 2. The molecule has 1 amide bonds. The van der Waals surface area contributed by atoms with E-state index in [1.165, 1.54) is 5.56 Å². The van der Waals surface area contributed by atoms with Crippen LogP contribution in [-0.2, 0) is 4.79 Å². The number of anilines is 1. The molecule has 0 aliphatic heterocycles. The van der Waals surface area contributed by atoms with Crippen LogP contribution in [0.5, 0.6) is 5.75 Å². The van der Waals surface area contributed by atoms with Gasteiger partial charge in [-0.2, -0.15) is 5.10 Å². The lowest BCUT2D eigenvalue weighted by Gasteiger charge is -2.09. The maximum atomic E-state index is 12.0. The van der Waals surface area contributed by atoms with Gasteiger partial charge in [0, 0.05) is 11.1 Å². The first-order valence-electron chi connectivity index (χ1n) is 7.05. The van der Waals surface area contributed by atoms with Gasteiger partial charge < -0.3 is 10.1 Å². The summed E-state index contributed by atoms with van der Waals surface area (Å²) in [5.41, 5.74) is 4.00. The van der Waals surface area contributed by atoms with E-state index in [-0.39, 0.29) is 12.5 Å². The van der Waals surface area contributed by atoms with Crippen LogP contribution >= 0.6 is 0 Å². The van der Waals surface area contributed by atoms with E-state index < -0.39 is 0 Å². The van der Waals surface area contributed by atoms with Gasteiger partial charge in [0.15, 0.2) is 6.61 Å². The predicted molar refractivity (Wildman–Crippen MR) is 86.1 cm³/mol. The molecule has 1 heterocycles. The van der Waals surface area contributed by atoms with Gasteiger partial charge in [0.2, 0.25) is 0 Å². The van der Waals surface area contributed by atoms with Crippen molar-refractivity contribution in [3.63, 3.8) is 0 Å². The molecule has 0 atom stereocenters. The molecule has 0 aliphatic carbocycles. The van der Waals surface area contributed by atoms with Crippen molar-refractivity contribution < 1.29 is 9.53 Å². The molecule has 0 radical (unpaired) electrons. The molecule has 5 nitrogen and oxygen atoms in total. The molecule has 2 N–H and O–H groups in total. The van der Waals surface area contributed by atoms with Crippen LogP contribution in [-0.4, -0.2) is 22.7 Å². The first-order chi connectivity index (χ1) is 10.6. The fraction of sp³-hybridized carbons (Fsp3) is 0.176. The van der Waals surface area contributed by atoms with Gasteiger partial charge in [-0.25, -0.2) is 0 Å². The molecule has 0 unspecified atom stereocenters. The van der Waals surface area contributed by atoms with Crippen LogP contribution in [0.3, 0.4) is 0 Å². The number of nitrogens with zero attached hydrogens (tertiary/aromatic N) is 1. The molecule has 0 aliphatic rings. The zero-order valence-corrected chi connectivity index (χ0v) is 12.5. The third-order valence-electron chi connectivity index (χ3n) is 3.57. The Kier molecular flexibility index (Phi) is 3.78. The van der Waals surface area contributed by atoms with Crippen LogP contribution in [0.4, 0.5) is 5.69 Å². The molecule has 2 aromatic carbocycles. The number of amides is 1. The standard InChI is InChI=1S/C17H17N3O2/c1-11-3-5-15(7-12(11)2)22-10-17(21)19-14-4-6-16-13(8-14)9-18-20-16/h3-9H,10H2,1-2H3,(H,18,20)(H,19,21). The number of carbonyl (C=O) groups is 1. The summed E-state index contributed by atoms with van der Waals surface area (Å²) >= 11 is 0. The minimum atomic E-state index is -0.193. The van der Waals surface area contributed by atoms with Crippen LogP contribution in [0, 0.1) is 13.8 Å². The van der Waals surface area contributed by atoms with E-state index in [4.69, 9.17) is 4.74 Å². The zero-order valence-electron chi connectivity index (χ0n) is 12.5. The Balaban J connectivity index is 1.60. The number of aryl methyl sites for hydroxylation is 2. The molecule has 0 bridgehead atoms. The van der Waals surface area contributed by atoms with E-state index >= 15 is 0 Å². The summed E-state index contributed by atoms with van der Waals surface area (Å²) in [7, 11) is 0. The summed E-state index contributed by atoms with van der Waals surface area (Å²) in [5.74, 6) is 0.504. The lowest BCUT2D eigenvalue weighted by Crippen LogP contribution is -2.20. The molecule has 0 saturated heterocycles. The summed E-state index contributed by atoms with van der Waals surface area (Å²) in [6.45, 7) is 4.03. The Morgan fingerprint density at radius 1 is 1.18 bits per heavy atom. The highest BCUT2D eigenvalue weighted by Gasteiger charge is 2.05. The van der Waals surface area contributed by atoms with Gasteiger partial charge in [-0.15, -0.1) is 0 Å². The number of carbonyl (C=O) groups excluding carboxylic acids is 1. The van der Waals surface area contributed by atoms with Crippen molar-refractivity contribution in [1.29, 1.82) is 0 Å². The van der Waals surface area contributed by atoms with Crippen LogP contribution in [0.2, 0.25) is 0 Å². The lowest BCUT2D eigenvalue weighted by atomic mass is 10.1. The molecule has 1 aromatic heterocycles. The zero-order chi connectivity index (χ0) is 15.5. The molecule has 0 spiro atoms. The van der Waals surface area contributed by atoms with Crippen molar-refractivity contribution in [3.05, 3.63) is 53.7 Å². The highest BCUT2D eigenvalue weighted by atomic mass is 16.5. The van der Waals surface area contributed by atoms with E-state index in [0.29, 0.717) is 5.75 Å². The Morgan fingerprint density at radius 2 is 2.05 bits per heavy atom. The average Bonchev–Trinajstić information content (AvgIpc) is 2.96. The molecular formula is C17H17N3O2. The topological polar surface area (TPSA) is 67.0 Å². The van der Waals surface area contributed by atoms with Crippen LogP contribution in [0.25, 0.3) is 10.9 Å².